The molecule has 0 atom stereocenters. The fourth-order valence-electron chi connectivity index (χ4n) is 2.66. The lowest BCUT2D eigenvalue weighted by Gasteiger charge is -2.06. The number of nitrogens with zero attached hydrogens (tertiary/aromatic N) is 3. The number of methoxy groups -OCH3 is 1. The Balaban J connectivity index is 2.37. The highest BCUT2D eigenvalue weighted by Crippen LogP contribution is 2.37. The maximum absolute atomic E-state index is 5.89. The third kappa shape index (κ3) is 1.66. The molecule has 104 valence electrons. The topological polar surface area (TPSA) is 58.0 Å². The van der Waals surface area contributed by atoms with Crippen LogP contribution in [0.2, 0.25) is 0 Å². The van der Waals surface area contributed by atoms with Crippen LogP contribution < -0.4 is 10.5 Å². The lowest BCUT2D eigenvalue weighted by atomic mass is 10.0. The minimum absolute atomic E-state index is 0.651. The molecule has 0 saturated carbocycles. The fraction of sp³-hybridized carbons (Fsp3) is 0.267. The van der Waals surface area contributed by atoms with E-state index in [1.54, 1.807) is 11.8 Å². The molecule has 2 heterocycles. The predicted molar refractivity (Wildman–Crippen MR) is 80.8 cm³/mol. The number of benzene rings is 1. The van der Waals surface area contributed by atoms with E-state index in [9.17, 15) is 0 Å². The van der Waals surface area contributed by atoms with E-state index in [-0.39, 0.29) is 0 Å². The largest absolute Gasteiger partial charge is 0.495 e. The first kappa shape index (κ1) is 12.6. The lowest BCUT2D eigenvalue weighted by molar-refractivity contribution is 0.418. The van der Waals surface area contributed by atoms with Gasteiger partial charge in [0.2, 0.25) is 0 Å². The Labute approximate surface area is 117 Å². The van der Waals surface area contributed by atoms with Gasteiger partial charge in [0, 0.05) is 37.3 Å². The van der Waals surface area contributed by atoms with Gasteiger partial charge >= 0.3 is 0 Å². The first-order valence-corrected chi connectivity index (χ1v) is 6.45. The summed E-state index contributed by atoms with van der Waals surface area (Å²) in [6, 6.07) is 5.96. The number of rotatable bonds is 2. The molecule has 20 heavy (non-hydrogen) atoms. The van der Waals surface area contributed by atoms with Crippen molar-refractivity contribution < 1.29 is 4.74 Å². The van der Waals surface area contributed by atoms with Crippen molar-refractivity contribution in [3.63, 3.8) is 0 Å². The van der Waals surface area contributed by atoms with E-state index in [2.05, 4.69) is 28.9 Å². The Morgan fingerprint density at radius 2 is 2.00 bits per heavy atom. The minimum atomic E-state index is 0.651. The van der Waals surface area contributed by atoms with Gasteiger partial charge in [-0.1, -0.05) is 6.07 Å². The number of ether oxygens (including phenoxy) is 1. The van der Waals surface area contributed by atoms with Gasteiger partial charge < -0.3 is 15.0 Å². The average Bonchev–Trinajstić information content (AvgIpc) is 2.93. The molecule has 0 amide bonds. The Kier molecular flexibility index (Phi) is 2.71. The molecular weight excluding hydrogens is 252 g/mol. The van der Waals surface area contributed by atoms with Crippen molar-refractivity contribution in [2.45, 2.75) is 6.92 Å². The number of hydrogen-bond acceptors (Lipinski definition) is 3. The van der Waals surface area contributed by atoms with Crippen molar-refractivity contribution in [3.05, 3.63) is 30.0 Å². The molecule has 2 aromatic heterocycles. The molecule has 5 nitrogen and oxygen atoms in total. The van der Waals surface area contributed by atoms with Crippen LogP contribution in [0, 0.1) is 6.92 Å². The Morgan fingerprint density at radius 1 is 1.25 bits per heavy atom. The second-order valence-corrected chi connectivity index (χ2v) is 5.04. The van der Waals surface area contributed by atoms with Crippen LogP contribution >= 0.6 is 0 Å². The summed E-state index contributed by atoms with van der Waals surface area (Å²) in [5.74, 6) is 1.51. The Morgan fingerprint density at radius 3 is 2.60 bits per heavy atom. The molecule has 5 heteroatoms. The van der Waals surface area contributed by atoms with Crippen molar-refractivity contribution >= 4 is 16.7 Å². The van der Waals surface area contributed by atoms with Gasteiger partial charge in [0.1, 0.15) is 11.6 Å². The minimum Gasteiger partial charge on any atom is -0.495 e. The van der Waals surface area contributed by atoms with Gasteiger partial charge in [0.05, 0.1) is 18.3 Å². The standard InChI is InChI=1S/C15H18N4O/c1-9-5-6-12(20-4)15-14(9)10(8-18(15)2)11-7-13(16)19(3)17-11/h5-8H,16H2,1-4H3. The monoisotopic (exact) mass is 270 g/mol. The maximum Gasteiger partial charge on any atom is 0.143 e. The van der Waals surface area contributed by atoms with Crippen LogP contribution in [0.1, 0.15) is 5.56 Å². The van der Waals surface area contributed by atoms with E-state index < -0.39 is 0 Å². The third-order valence-corrected chi connectivity index (χ3v) is 3.71. The van der Waals surface area contributed by atoms with Gasteiger partial charge in [0.25, 0.3) is 0 Å². The van der Waals surface area contributed by atoms with Crippen LogP contribution in [-0.2, 0) is 14.1 Å². The summed E-state index contributed by atoms with van der Waals surface area (Å²) < 4.78 is 9.23. The van der Waals surface area contributed by atoms with Crippen LogP contribution in [0.25, 0.3) is 22.2 Å². The van der Waals surface area contributed by atoms with Gasteiger partial charge in [-0.25, -0.2) is 0 Å². The first-order chi connectivity index (χ1) is 9.52. The van der Waals surface area contributed by atoms with Crippen LogP contribution in [0.5, 0.6) is 5.75 Å². The van der Waals surface area contributed by atoms with E-state index in [1.165, 1.54) is 5.56 Å². The summed E-state index contributed by atoms with van der Waals surface area (Å²) in [7, 11) is 5.55. The van der Waals surface area contributed by atoms with Crippen molar-refractivity contribution in [2.24, 2.45) is 14.1 Å². The Hall–Kier alpha value is -2.43. The molecule has 0 radical (unpaired) electrons. The zero-order valence-corrected chi connectivity index (χ0v) is 12.1. The van der Waals surface area contributed by atoms with Gasteiger partial charge in [-0.05, 0) is 18.6 Å². The maximum atomic E-state index is 5.89. The molecule has 3 aromatic rings. The zero-order chi connectivity index (χ0) is 14.4. The summed E-state index contributed by atoms with van der Waals surface area (Å²) in [4.78, 5) is 0. The summed E-state index contributed by atoms with van der Waals surface area (Å²) in [5.41, 5.74) is 10.1. The van der Waals surface area contributed by atoms with Gasteiger partial charge in [-0.3, -0.25) is 4.68 Å². The lowest BCUT2D eigenvalue weighted by Crippen LogP contribution is -1.96. The van der Waals surface area contributed by atoms with Crippen LogP contribution in [0.3, 0.4) is 0 Å². The second-order valence-electron chi connectivity index (χ2n) is 5.04. The van der Waals surface area contributed by atoms with Crippen molar-refractivity contribution in [1.82, 2.24) is 14.3 Å². The van der Waals surface area contributed by atoms with E-state index in [0.717, 1.165) is 27.9 Å². The number of hydrogen-bond donors (Lipinski definition) is 1. The highest BCUT2D eigenvalue weighted by Gasteiger charge is 2.17. The van der Waals surface area contributed by atoms with E-state index >= 15 is 0 Å². The summed E-state index contributed by atoms with van der Waals surface area (Å²) in [5, 5.41) is 5.64. The van der Waals surface area contributed by atoms with Crippen LogP contribution in [0.4, 0.5) is 5.82 Å². The third-order valence-electron chi connectivity index (χ3n) is 3.71. The molecule has 3 rings (SSSR count). The molecule has 0 spiro atoms. The first-order valence-electron chi connectivity index (χ1n) is 6.45. The number of anilines is 1. The molecule has 1 aromatic carbocycles. The molecular formula is C15H18N4O. The highest BCUT2D eigenvalue weighted by molar-refractivity contribution is 6.00. The molecule has 0 unspecified atom stereocenters. The quantitative estimate of drug-likeness (QED) is 0.778. The van der Waals surface area contributed by atoms with Gasteiger partial charge in [0.15, 0.2) is 0 Å². The van der Waals surface area contributed by atoms with Crippen molar-refractivity contribution in [3.8, 4) is 17.0 Å². The second kappa shape index (κ2) is 4.30. The number of fused-ring (bicyclic) bond motifs is 1. The van der Waals surface area contributed by atoms with Crippen LogP contribution in [-0.4, -0.2) is 21.5 Å². The van der Waals surface area contributed by atoms with Gasteiger partial charge in [-0.15, -0.1) is 0 Å². The molecule has 2 N–H and O–H groups in total. The molecule has 0 fully saturated rings. The number of nitrogens with two attached hydrogens (primary N) is 1. The Bertz CT molecular complexity index is 778. The summed E-state index contributed by atoms with van der Waals surface area (Å²) in [6.45, 7) is 2.09. The fourth-order valence-corrected chi connectivity index (χ4v) is 2.66. The van der Waals surface area contributed by atoms with Crippen molar-refractivity contribution in [2.75, 3.05) is 12.8 Å². The zero-order valence-electron chi connectivity index (χ0n) is 12.1. The molecule has 0 aliphatic carbocycles. The number of aromatic nitrogens is 3. The van der Waals surface area contributed by atoms with E-state index in [1.807, 2.05) is 26.2 Å². The van der Waals surface area contributed by atoms with E-state index in [4.69, 9.17) is 10.5 Å². The normalized spacial score (nSPS) is 11.2. The summed E-state index contributed by atoms with van der Waals surface area (Å²) in [6.07, 6.45) is 2.07. The predicted octanol–water partition coefficient (Wildman–Crippen LogP) is 2.48. The molecule has 0 aliphatic rings. The number of nitrogen functional groups attached to an aromatic ring is 1. The molecule has 0 aliphatic heterocycles. The highest BCUT2D eigenvalue weighted by atomic mass is 16.5. The van der Waals surface area contributed by atoms with Crippen molar-refractivity contribution in [1.29, 1.82) is 0 Å². The summed E-state index contributed by atoms with van der Waals surface area (Å²) >= 11 is 0. The van der Waals surface area contributed by atoms with Gasteiger partial charge in [-0.2, -0.15) is 5.10 Å². The van der Waals surface area contributed by atoms with Crippen LogP contribution in [0.15, 0.2) is 24.4 Å². The SMILES string of the molecule is COc1ccc(C)c2c(-c3cc(N)n(C)n3)cn(C)c12. The smallest absolute Gasteiger partial charge is 0.143 e. The average molecular weight is 270 g/mol. The van der Waals surface area contributed by atoms with E-state index in [0.29, 0.717) is 5.82 Å². The molecule has 0 saturated heterocycles. The molecule has 0 bridgehead atoms. The number of aryl methyl sites for hydroxylation is 3.